The minimum Gasteiger partial charge on any atom is -0.443 e. The van der Waals surface area contributed by atoms with Gasteiger partial charge in [-0.1, -0.05) is 0 Å². The van der Waals surface area contributed by atoms with E-state index in [0.29, 0.717) is 0 Å². The van der Waals surface area contributed by atoms with Gasteiger partial charge in [0.2, 0.25) is 0 Å². The van der Waals surface area contributed by atoms with E-state index in [-0.39, 0.29) is 12.0 Å². The Kier molecular flexibility index (Phi) is 5.99. The molecular formula is C18H28N6O4S. The highest BCUT2D eigenvalue weighted by atomic mass is 32.2. The molecule has 1 atom stereocenters. The summed E-state index contributed by atoms with van der Waals surface area (Å²) in [6.45, 7) is 8.33. The number of amides is 1. The number of anilines is 1. The predicted molar refractivity (Wildman–Crippen MR) is 110 cm³/mol. The fraction of sp³-hybridized carbons (Fsp3) is 0.611. The zero-order valence-electron chi connectivity index (χ0n) is 17.1. The Balaban J connectivity index is 1.55. The van der Waals surface area contributed by atoms with Crippen molar-refractivity contribution in [3.63, 3.8) is 0 Å². The van der Waals surface area contributed by atoms with Crippen molar-refractivity contribution in [2.45, 2.75) is 52.2 Å². The number of aromatic nitrogens is 3. The Bertz CT molecular complexity index is 960. The number of hydrogen-bond donors (Lipinski definition) is 3. The smallest absolute Gasteiger partial charge is 0.422 e. The van der Waals surface area contributed by atoms with Gasteiger partial charge in [0.15, 0.2) is 0 Å². The van der Waals surface area contributed by atoms with Crippen LogP contribution in [0.2, 0.25) is 0 Å². The molecule has 0 bridgehead atoms. The van der Waals surface area contributed by atoms with Crippen molar-refractivity contribution >= 4 is 33.2 Å². The molecule has 0 aliphatic carbocycles. The van der Waals surface area contributed by atoms with Gasteiger partial charge in [-0.3, -0.25) is 0 Å². The normalized spacial score (nSPS) is 17.3. The van der Waals surface area contributed by atoms with Crippen LogP contribution in [0.25, 0.3) is 11.0 Å². The lowest BCUT2D eigenvalue weighted by Crippen LogP contribution is -2.49. The number of nitrogens with zero attached hydrogens (tertiary/aromatic N) is 3. The number of carbonyl (C=O) groups is 1. The van der Waals surface area contributed by atoms with E-state index in [2.05, 4.69) is 24.6 Å². The Labute approximate surface area is 170 Å². The van der Waals surface area contributed by atoms with Gasteiger partial charge in [-0.25, -0.2) is 19.5 Å². The van der Waals surface area contributed by atoms with Crippen LogP contribution in [0, 0.1) is 5.92 Å². The highest BCUT2D eigenvalue weighted by molar-refractivity contribution is 7.88. The van der Waals surface area contributed by atoms with E-state index >= 15 is 0 Å². The van der Waals surface area contributed by atoms with Gasteiger partial charge >= 0.3 is 16.3 Å². The fourth-order valence-corrected chi connectivity index (χ4v) is 4.50. The number of rotatable bonds is 5. The molecule has 160 valence electrons. The number of ether oxygens (including phenoxy) is 1. The molecule has 3 heterocycles. The molecule has 1 aliphatic rings. The van der Waals surface area contributed by atoms with Gasteiger partial charge in [0.05, 0.1) is 5.39 Å². The molecule has 0 radical (unpaired) electrons. The van der Waals surface area contributed by atoms with E-state index in [1.807, 2.05) is 23.9 Å². The highest BCUT2D eigenvalue weighted by Gasteiger charge is 2.29. The number of nitrogens with one attached hydrogen (secondary N) is 3. The van der Waals surface area contributed by atoms with E-state index in [4.69, 9.17) is 4.74 Å². The summed E-state index contributed by atoms with van der Waals surface area (Å²) in [5.41, 5.74) is 0.0238. The van der Waals surface area contributed by atoms with Crippen molar-refractivity contribution in [2.24, 2.45) is 5.92 Å². The molecule has 1 amide bonds. The molecule has 11 heteroatoms. The van der Waals surface area contributed by atoms with Crippen LogP contribution >= 0.6 is 0 Å². The quantitative estimate of drug-likeness (QED) is 0.669. The molecule has 1 unspecified atom stereocenters. The first-order valence-corrected chi connectivity index (χ1v) is 11.1. The highest BCUT2D eigenvalue weighted by Crippen LogP contribution is 2.28. The van der Waals surface area contributed by atoms with Crippen LogP contribution in [0.1, 0.15) is 40.5 Å². The topological polar surface area (TPSA) is 129 Å². The first kappa shape index (κ1) is 21.3. The molecule has 1 aliphatic heterocycles. The molecule has 2 aromatic rings. The fourth-order valence-electron chi connectivity index (χ4n) is 3.50. The summed E-state index contributed by atoms with van der Waals surface area (Å²) < 4.78 is 33.9. The van der Waals surface area contributed by atoms with Gasteiger partial charge < -0.3 is 14.6 Å². The van der Waals surface area contributed by atoms with Crippen molar-refractivity contribution in [3.05, 3.63) is 18.6 Å². The summed E-state index contributed by atoms with van der Waals surface area (Å²) in [6, 6.07) is 1.63. The lowest BCUT2D eigenvalue weighted by molar-refractivity contribution is 0.0569. The zero-order chi connectivity index (χ0) is 21.2. The second-order valence-electron chi connectivity index (χ2n) is 8.28. The molecule has 1 saturated heterocycles. The van der Waals surface area contributed by atoms with E-state index < -0.39 is 21.9 Å². The maximum atomic E-state index is 12.2. The molecule has 0 saturated carbocycles. The van der Waals surface area contributed by atoms with Crippen LogP contribution in [0.4, 0.5) is 10.6 Å². The number of piperidine rings is 1. The number of aromatic amines is 1. The summed E-state index contributed by atoms with van der Waals surface area (Å²) in [7, 11) is -4.00. The molecule has 10 nitrogen and oxygen atoms in total. The molecule has 29 heavy (non-hydrogen) atoms. The first-order chi connectivity index (χ1) is 13.5. The largest absolute Gasteiger partial charge is 0.443 e. The van der Waals surface area contributed by atoms with Crippen molar-refractivity contribution in [1.29, 1.82) is 0 Å². The Morgan fingerprint density at radius 2 is 2.00 bits per heavy atom. The second-order valence-corrected chi connectivity index (χ2v) is 9.72. The van der Waals surface area contributed by atoms with Crippen LogP contribution < -0.4 is 14.3 Å². The van der Waals surface area contributed by atoms with Gasteiger partial charge in [0.1, 0.15) is 23.4 Å². The maximum absolute atomic E-state index is 12.2. The standard InChI is InChI=1S/C18H28N6O4S/c1-12(22-29(26,27)23-17(25)28-18(2,3)4)13-6-9-24(10-7-13)16-14-5-8-19-15(14)20-11-21-16/h5,8,11-13,22H,6-7,9-10H2,1-4H3,(H,23,25)(H,19,20,21). The lowest BCUT2D eigenvalue weighted by Gasteiger charge is -2.35. The number of carbonyl (C=O) groups excluding carboxylic acids is 1. The second kappa shape index (κ2) is 8.15. The van der Waals surface area contributed by atoms with Gasteiger partial charge in [-0.05, 0) is 52.5 Å². The molecule has 3 N–H and O–H groups in total. The van der Waals surface area contributed by atoms with Crippen LogP contribution in [0.3, 0.4) is 0 Å². The summed E-state index contributed by atoms with van der Waals surface area (Å²) in [5, 5.41) is 0.973. The van der Waals surface area contributed by atoms with Gasteiger partial charge in [0.25, 0.3) is 0 Å². The lowest BCUT2D eigenvalue weighted by atomic mass is 9.91. The number of hydrogen-bond acceptors (Lipinski definition) is 7. The molecular weight excluding hydrogens is 396 g/mol. The summed E-state index contributed by atoms with van der Waals surface area (Å²) in [6.07, 6.45) is 3.98. The van der Waals surface area contributed by atoms with E-state index in [1.54, 1.807) is 27.1 Å². The van der Waals surface area contributed by atoms with Crippen LogP contribution in [0.15, 0.2) is 18.6 Å². The molecule has 0 spiro atoms. The average Bonchev–Trinajstić information content (AvgIpc) is 3.07. The van der Waals surface area contributed by atoms with Crippen molar-refractivity contribution in [2.75, 3.05) is 18.0 Å². The Morgan fingerprint density at radius 3 is 2.66 bits per heavy atom. The van der Waals surface area contributed by atoms with Crippen molar-refractivity contribution < 1.29 is 17.9 Å². The van der Waals surface area contributed by atoms with Gasteiger partial charge in [0, 0.05) is 25.3 Å². The van der Waals surface area contributed by atoms with Gasteiger partial charge in [-0.15, -0.1) is 0 Å². The summed E-state index contributed by atoms with van der Waals surface area (Å²) in [5.74, 6) is 1.03. The monoisotopic (exact) mass is 424 g/mol. The molecule has 0 aromatic carbocycles. The van der Waals surface area contributed by atoms with Crippen LogP contribution in [-0.4, -0.2) is 54.2 Å². The Hall–Kier alpha value is -2.40. The third-order valence-corrected chi connectivity index (χ3v) is 5.95. The summed E-state index contributed by atoms with van der Waals surface area (Å²) >= 11 is 0. The van der Waals surface area contributed by atoms with Gasteiger partial charge in [-0.2, -0.15) is 13.1 Å². The SMILES string of the molecule is CC(NS(=O)(=O)NC(=O)OC(C)(C)C)C1CCN(c2ncnc3[nH]ccc23)CC1. The molecule has 3 rings (SSSR count). The van der Waals surface area contributed by atoms with E-state index in [1.165, 1.54) is 0 Å². The maximum Gasteiger partial charge on any atom is 0.422 e. The Morgan fingerprint density at radius 1 is 1.31 bits per heavy atom. The number of H-pyrrole nitrogens is 1. The third kappa shape index (κ3) is 5.57. The van der Waals surface area contributed by atoms with Crippen LogP contribution in [0.5, 0.6) is 0 Å². The predicted octanol–water partition coefficient (Wildman–Crippen LogP) is 1.92. The third-order valence-electron chi connectivity index (χ3n) is 4.84. The average molecular weight is 425 g/mol. The van der Waals surface area contributed by atoms with E-state index in [0.717, 1.165) is 42.8 Å². The molecule has 2 aromatic heterocycles. The van der Waals surface area contributed by atoms with Crippen molar-refractivity contribution in [3.8, 4) is 0 Å². The first-order valence-electron chi connectivity index (χ1n) is 9.60. The number of fused-ring (bicyclic) bond motifs is 1. The van der Waals surface area contributed by atoms with Crippen molar-refractivity contribution in [1.82, 2.24) is 24.4 Å². The molecule has 1 fully saturated rings. The minimum absolute atomic E-state index is 0.144. The summed E-state index contributed by atoms with van der Waals surface area (Å²) in [4.78, 5) is 25.6. The minimum atomic E-state index is -4.00. The van der Waals surface area contributed by atoms with E-state index in [9.17, 15) is 13.2 Å². The van der Waals surface area contributed by atoms with Crippen LogP contribution in [-0.2, 0) is 14.9 Å². The zero-order valence-corrected chi connectivity index (χ0v) is 17.9.